The number of benzene rings is 1. The van der Waals surface area contributed by atoms with Gasteiger partial charge in [0.25, 0.3) is 0 Å². The van der Waals surface area contributed by atoms with Crippen molar-refractivity contribution in [3.63, 3.8) is 0 Å². The Morgan fingerprint density at radius 3 is 2.62 bits per heavy atom. The van der Waals surface area contributed by atoms with Crippen molar-refractivity contribution < 1.29 is 13.1 Å². The molecule has 0 aliphatic carbocycles. The maximum absolute atomic E-state index is 13.0. The molecule has 0 aliphatic heterocycles. The molecule has 3 heterocycles. The molecule has 0 spiro atoms. The fourth-order valence-corrected chi connectivity index (χ4v) is 3.55. The molecule has 166 valence electrons. The van der Waals surface area contributed by atoms with Crippen LogP contribution in [0.4, 0.5) is 0 Å². The van der Waals surface area contributed by atoms with Crippen molar-refractivity contribution in [3.8, 4) is 28.4 Å². The monoisotopic (exact) mass is 452 g/mol. The second kappa shape index (κ2) is 9.46. The van der Waals surface area contributed by atoms with E-state index < -0.39 is 0 Å². The summed E-state index contributed by atoms with van der Waals surface area (Å²) in [5.41, 5.74) is 2.83. The molecule has 0 saturated heterocycles. The Labute approximate surface area is 190 Å². The fourth-order valence-electron chi connectivity index (χ4n) is 3.21. The van der Waals surface area contributed by atoms with Crippen molar-refractivity contribution in [1.29, 1.82) is 0 Å². The van der Waals surface area contributed by atoms with Crippen LogP contribution in [0.3, 0.4) is 0 Å². The molecule has 0 N–H and O–H groups in total. The van der Waals surface area contributed by atoms with Crippen LogP contribution in [0.2, 0.25) is 0 Å². The summed E-state index contributed by atoms with van der Waals surface area (Å²) in [7, 11) is 0. The third-order valence-electron chi connectivity index (χ3n) is 4.55. The summed E-state index contributed by atoms with van der Waals surface area (Å²) in [6.45, 7) is 8.16. The molecule has 0 amide bonds. The van der Waals surface area contributed by atoms with Gasteiger partial charge in [0.15, 0.2) is 11.6 Å². The SMILES string of the molecule is CCOSOc1cc(-c2ccc(OC(C)C)cc2)cnc1-n1ccc2nc(C)cn2c1=O. The first-order chi connectivity index (χ1) is 15.5. The number of aromatic nitrogens is 4. The van der Waals surface area contributed by atoms with E-state index in [0.29, 0.717) is 23.8 Å². The lowest BCUT2D eigenvalue weighted by molar-refractivity contribution is 0.242. The Hall–Kier alpha value is -3.30. The highest BCUT2D eigenvalue weighted by atomic mass is 32.2. The van der Waals surface area contributed by atoms with Gasteiger partial charge in [0.2, 0.25) is 12.3 Å². The zero-order chi connectivity index (χ0) is 22.7. The first-order valence-corrected chi connectivity index (χ1v) is 10.9. The third kappa shape index (κ3) is 4.63. The Morgan fingerprint density at radius 1 is 1.12 bits per heavy atom. The van der Waals surface area contributed by atoms with E-state index in [1.165, 1.54) is 8.97 Å². The quantitative estimate of drug-likeness (QED) is 0.285. The van der Waals surface area contributed by atoms with Gasteiger partial charge in [-0.05, 0) is 57.5 Å². The van der Waals surface area contributed by atoms with Crippen LogP contribution in [0.5, 0.6) is 11.5 Å². The molecule has 1 aromatic carbocycles. The Kier molecular flexibility index (Phi) is 6.48. The highest BCUT2D eigenvalue weighted by Crippen LogP contribution is 2.31. The van der Waals surface area contributed by atoms with Crippen molar-refractivity contribution in [3.05, 3.63) is 71.2 Å². The molecule has 4 rings (SSSR count). The largest absolute Gasteiger partial charge is 0.491 e. The van der Waals surface area contributed by atoms with Crippen LogP contribution in [0, 0.1) is 6.92 Å². The number of hydrogen-bond acceptors (Lipinski definition) is 7. The van der Waals surface area contributed by atoms with Crippen LogP contribution in [0.25, 0.3) is 22.6 Å². The predicted molar refractivity (Wildman–Crippen MR) is 124 cm³/mol. The van der Waals surface area contributed by atoms with Crippen molar-refractivity contribution in [2.45, 2.75) is 33.8 Å². The molecule has 0 bridgehead atoms. The van der Waals surface area contributed by atoms with Gasteiger partial charge in [-0.3, -0.25) is 8.58 Å². The maximum Gasteiger partial charge on any atom is 0.339 e. The zero-order valence-corrected chi connectivity index (χ0v) is 19.1. The van der Waals surface area contributed by atoms with Gasteiger partial charge in [-0.15, -0.1) is 0 Å². The number of ether oxygens (including phenoxy) is 1. The average molecular weight is 453 g/mol. The standard InChI is InChI=1S/C23H24N4O4S/c1-5-29-32-31-20-12-18(17-6-8-19(9-7-17)30-15(2)3)13-24-22(20)26-11-10-21-25-16(4)14-27(21)23(26)28/h6-15H,5H2,1-4H3. The van der Waals surface area contributed by atoms with E-state index in [0.717, 1.165) is 34.9 Å². The first kappa shape index (κ1) is 21.9. The Morgan fingerprint density at radius 2 is 1.91 bits per heavy atom. The normalized spacial score (nSPS) is 11.3. The Bertz CT molecular complexity index is 1280. The van der Waals surface area contributed by atoms with E-state index in [4.69, 9.17) is 13.1 Å². The lowest BCUT2D eigenvalue weighted by Gasteiger charge is -2.13. The summed E-state index contributed by atoms with van der Waals surface area (Å²) < 4.78 is 19.7. The first-order valence-electron chi connectivity index (χ1n) is 10.3. The lowest BCUT2D eigenvalue weighted by Crippen LogP contribution is -2.25. The van der Waals surface area contributed by atoms with E-state index in [1.54, 1.807) is 24.7 Å². The van der Waals surface area contributed by atoms with Gasteiger partial charge in [-0.2, -0.15) is 0 Å². The molecule has 0 fully saturated rings. The molecular weight excluding hydrogens is 428 g/mol. The third-order valence-corrected chi connectivity index (χ3v) is 5.13. The van der Waals surface area contributed by atoms with Gasteiger partial charge in [0.05, 0.1) is 18.4 Å². The summed E-state index contributed by atoms with van der Waals surface area (Å²) in [5.74, 6) is 1.56. The number of nitrogens with zero attached hydrogens (tertiary/aromatic N) is 4. The molecule has 4 aromatic rings. The molecule has 0 unspecified atom stereocenters. The second-order valence-electron chi connectivity index (χ2n) is 7.37. The summed E-state index contributed by atoms with van der Waals surface area (Å²) in [5, 5.41) is 0. The minimum atomic E-state index is -0.287. The van der Waals surface area contributed by atoms with Crippen LogP contribution in [-0.4, -0.2) is 31.6 Å². The van der Waals surface area contributed by atoms with Gasteiger partial charge < -0.3 is 8.92 Å². The van der Waals surface area contributed by atoms with Crippen LogP contribution >= 0.6 is 12.3 Å². The van der Waals surface area contributed by atoms with Crippen molar-refractivity contribution >= 4 is 18.0 Å². The number of pyridine rings is 1. The van der Waals surface area contributed by atoms with E-state index in [1.807, 2.05) is 58.0 Å². The topological polar surface area (TPSA) is 79.9 Å². The van der Waals surface area contributed by atoms with Gasteiger partial charge in [0, 0.05) is 24.2 Å². The number of rotatable bonds is 8. The van der Waals surface area contributed by atoms with Crippen LogP contribution in [0.1, 0.15) is 26.5 Å². The number of hydrogen-bond donors (Lipinski definition) is 0. The predicted octanol–water partition coefficient (Wildman–Crippen LogP) is 4.62. The Balaban J connectivity index is 1.75. The highest BCUT2D eigenvalue weighted by Gasteiger charge is 2.15. The average Bonchev–Trinajstić information content (AvgIpc) is 3.16. The van der Waals surface area contributed by atoms with Gasteiger partial charge in [-0.1, -0.05) is 12.1 Å². The van der Waals surface area contributed by atoms with E-state index in [-0.39, 0.29) is 11.8 Å². The van der Waals surface area contributed by atoms with Crippen LogP contribution < -0.4 is 14.6 Å². The van der Waals surface area contributed by atoms with Crippen LogP contribution in [-0.2, 0) is 4.18 Å². The van der Waals surface area contributed by atoms with Crippen LogP contribution in [0.15, 0.2) is 59.8 Å². The van der Waals surface area contributed by atoms with Crippen molar-refractivity contribution in [1.82, 2.24) is 18.9 Å². The molecule has 0 saturated carbocycles. The van der Waals surface area contributed by atoms with Gasteiger partial charge in [-0.25, -0.2) is 19.3 Å². The van der Waals surface area contributed by atoms with Crippen molar-refractivity contribution in [2.24, 2.45) is 0 Å². The minimum absolute atomic E-state index is 0.104. The number of fused-ring (bicyclic) bond motifs is 1. The summed E-state index contributed by atoms with van der Waals surface area (Å²) in [6, 6.07) is 11.3. The lowest BCUT2D eigenvalue weighted by atomic mass is 10.1. The maximum atomic E-state index is 13.0. The summed E-state index contributed by atoms with van der Waals surface area (Å²) in [6.07, 6.45) is 5.15. The molecule has 32 heavy (non-hydrogen) atoms. The molecule has 8 nitrogen and oxygen atoms in total. The summed E-state index contributed by atoms with van der Waals surface area (Å²) >= 11 is 0.847. The minimum Gasteiger partial charge on any atom is -0.491 e. The molecule has 0 radical (unpaired) electrons. The molecule has 0 aliphatic rings. The van der Waals surface area contributed by atoms with E-state index in [9.17, 15) is 4.79 Å². The molecular formula is C23H24N4O4S. The zero-order valence-electron chi connectivity index (χ0n) is 18.3. The number of aryl methyl sites for hydroxylation is 1. The smallest absolute Gasteiger partial charge is 0.339 e. The summed E-state index contributed by atoms with van der Waals surface area (Å²) in [4.78, 5) is 21.9. The molecule has 3 aromatic heterocycles. The van der Waals surface area contributed by atoms with Gasteiger partial charge in [0.1, 0.15) is 11.4 Å². The molecule has 9 heteroatoms. The second-order valence-corrected chi connectivity index (χ2v) is 7.91. The van der Waals surface area contributed by atoms with E-state index in [2.05, 4.69) is 9.97 Å². The van der Waals surface area contributed by atoms with Gasteiger partial charge >= 0.3 is 5.69 Å². The van der Waals surface area contributed by atoms with E-state index >= 15 is 0 Å². The number of imidazole rings is 1. The molecule has 0 atom stereocenters. The highest BCUT2D eigenvalue weighted by molar-refractivity contribution is 7.90. The fraction of sp³-hybridized carbons (Fsp3) is 0.261. The van der Waals surface area contributed by atoms with Crippen molar-refractivity contribution in [2.75, 3.05) is 6.61 Å².